The first-order valence-electron chi connectivity index (χ1n) is 7.05. The number of hydrogen-bond acceptors (Lipinski definition) is 2. The molecule has 0 spiro atoms. The Bertz CT molecular complexity index is 513. The molecule has 1 heterocycles. The van der Waals surface area contributed by atoms with Crippen LogP contribution in [0.15, 0.2) is 24.3 Å². The monoisotopic (exact) mass is 293 g/mol. The number of carbonyl (C=O) groups is 1. The van der Waals surface area contributed by atoms with Crippen molar-refractivity contribution in [3.63, 3.8) is 0 Å². The summed E-state index contributed by atoms with van der Waals surface area (Å²) in [7, 11) is 0. The van der Waals surface area contributed by atoms with Crippen molar-refractivity contribution in [2.75, 3.05) is 18.0 Å². The molecule has 1 aromatic rings. The highest BCUT2D eigenvalue weighted by atomic mass is 35.5. The number of hydrogen-bond donors (Lipinski definition) is 1. The average Bonchev–Trinajstić information content (AvgIpc) is 2.86. The maximum Gasteiger partial charge on any atom is 0.328 e. The summed E-state index contributed by atoms with van der Waals surface area (Å²) >= 11 is 6.09. The summed E-state index contributed by atoms with van der Waals surface area (Å²) in [5.41, 5.74) is 1.95. The van der Waals surface area contributed by atoms with Crippen molar-refractivity contribution < 1.29 is 9.90 Å². The maximum atomic E-state index is 10.7. The van der Waals surface area contributed by atoms with Gasteiger partial charge in [0.05, 0.1) is 0 Å². The van der Waals surface area contributed by atoms with E-state index in [1.165, 1.54) is 25.3 Å². The molecule has 0 aromatic heterocycles. The molecule has 0 amide bonds. The fourth-order valence-electron chi connectivity index (χ4n) is 2.79. The molecule has 1 aromatic carbocycles. The number of anilines is 1. The van der Waals surface area contributed by atoms with Gasteiger partial charge in [0.1, 0.15) is 0 Å². The van der Waals surface area contributed by atoms with E-state index < -0.39 is 5.97 Å². The van der Waals surface area contributed by atoms with Crippen LogP contribution in [-0.4, -0.2) is 24.2 Å². The lowest BCUT2D eigenvalue weighted by Crippen LogP contribution is -2.20. The van der Waals surface area contributed by atoms with Crippen LogP contribution < -0.4 is 4.90 Å². The molecule has 1 aliphatic heterocycles. The van der Waals surface area contributed by atoms with Gasteiger partial charge < -0.3 is 10.0 Å². The quantitative estimate of drug-likeness (QED) is 0.832. The van der Waals surface area contributed by atoms with E-state index >= 15 is 0 Å². The summed E-state index contributed by atoms with van der Waals surface area (Å²) in [6.45, 7) is 4.25. The summed E-state index contributed by atoms with van der Waals surface area (Å²) in [6.07, 6.45) is 6.47. The van der Waals surface area contributed by atoms with Gasteiger partial charge in [0.15, 0.2) is 0 Å². The van der Waals surface area contributed by atoms with Crippen molar-refractivity contribution in [3.05, 3.63) is 34.9 Å². The molecule has 1 fully saturated rings. The Morgan fingerprint density at radius 1 is 1.55 bits per heavy atom. The highest BCUT2D eigenvalue weighted by Crippen LogP contribution is 2.31. The highest BCUT2D eigenvalue weighted by Gasteiger charge is 2.23. The lowest BCUT2D eigenvalue weighted by Gasteiger charge is -2.21. The Hall–Kier alpha value is -1.48. The molecule has 0 radical (unpaired) electrons. The maximum absolute atomic E-state index is 10.7. The minimum atomic E-state index is -0.934. The van der Waals surface area contributed by atoms with Gasteiger partial charge in [-0.1, -0.05) is 31.0 Å². The first-order valence-corrected chi connectivity index (χ1v) is 7.43. The normalized spacial score (nSPS) is 18.9. The van der Waals surface area contributed by atoms with Crippen LogP contribution in [0.5, 0.6) is 0 Å². The second-order valence-corrected chi connectivity index (χ2v) is 5.70. The van der Waals surface area contributed by atoms with Crippen molar-refractivity contribution in [2.45, 2.75) is 26.2 Å². The van der Waals surface area contributed by atoms with Crippen LogP contribution in [0, 0.1) is 5.92 Å². The molecule has 20 heavy (non-hydrogen) atoms. The lowest BCUT2D eigenvalue weighted by molar-refractivity contribution is -0.131. The summed E-state index contributed by atoms with van der Waals surface area (Å²) < 4.78 is 0. The van der Waals surface area contributed by atoms with Crippen LogP contribution in [0.1, 0.15) is 31.7 Å². The molecule has 0 bridgehead atoms. The zero-order valence-corrected chi connectivity index (χ0v) is 12.4. The third-order valence-corrected chi connectivity index (χ3v) is 3.96. The van der Waals surface area contributed by atoms with E-state index in [2.05, 4.69) is 11.8 Å². The van der Waals surface area contributed by atoms with E-state index in [1.54, 1.807) is 12.1 Å². The van der Waals surface area contributed by atoms with Crippen LogP contribution in [0.25, 0.3) is 6.08 Å². The van der Waals surface area contributed by atoms with E-state index in [4.69, 9.17) is 16.7 Å². The predicted octanol–water partition coefficient (Wildman–Crippen LogP) is 4.06. The van der Waals surface area contributed by atoms with Gasteiger partial charge in [-0.05, 0) is 42.5 Å². The van der Waals surface area contributed by atoms with Crippen molar-refractivity contribution in [2.24, 2.45) is 5.92 Å². The van der Waals surface area contributed by atoms with Crippen molar-refractivity contribution in [1.82, 2.24) is 0 Å². The van der Waals surface area contributed by atoms with Crippen LogP contribution in [0.4, 0.5) is 5.69 Å². The SMILES string of the molecule is CCCC1CCN(c2cc(Cl)ccc2/C=C/C(=O)O)C1. The van der Waals surface area contributed by atoms with Crippen molar-refractivity contribution in [3.8, 4) is 0 Å². The van der Waals surface area contributed by atoms with Crippen LogP contribution in [0.2, 0.25) is 5.02 Å². The molecule has 1 unspecified atom stereocenters. The predicted molar refractivity (Wildman–Crippen MR) is 83.3 cm³/mol. The first kappa shape index (κ1) is 14.9. The Morgan fingerprint density at radius 2 is 2.35 bits per heavy atom. The van der Waals surface area contributed by atoms with Crippen LogP contribution in [0.3, 0.4) is 0 Å². The minimum absolute atomic E-state index is 0.686. The molecule has 1 saturated heterocycles. The molecular weight excluding hydrogens is 274 g/mol. The zero-order chi connectivity index (χ0) is 14.5. The summed E-state index contributed by atoms with van der Waals surface area (Å²) in [4.78, 5) is 13.0. The number of aliphatic carboxylic acids is 1. The van der Waals surface area contributed by atoms with Gasteiger partial charge in [0.2, 0.25) is 0 Å². The minimum Gasteiger partial charge on any atom is -0.478 e. The molecule has 1 aliphatic rings. The molecule has 2 rings (SSSR count). The van der Waals surface area contributed by atoms with Crippen LogP contribution in [-0.2, 0) is 4.79 Å². The highest BCUT2D eigenvalue weighted by molar-refractivity contribution is 6.31. The topological polar surface area (TPSA) is 40.5 Å². The van der Waals surface area contributed by atoms with Gasteiger partial charge in [-0.3, -0.25) is 0 Å². The fraction of sp³-hybridized carbons (Fsp3) is 0.438. The smallest absolute Gasteiger partial charge is 0.328 e. The summed E-state index contributed by atoms with van der Waals surface area (Å²) in [5, 5.41) is 9.46. The van der Waals surface area contributed by atoms with Gasteiger partial charge >= 0.3 is 5.97 Å². The van der Waals surface area contributed by atoms with E-state index in [0.29, 0.717) is 5.02 Å². The molecule has 0 aliphatic carbocycles. The van der Waals surface area contributed by atoms with Gasteiger partial charge in [-0.15, -0.1) is 0 Å². The van der Waals surface area contributed by atoms with Crippen molar-refractivity contribution >= 4 is 29.3 Å². The van der Waals surface area contributed by atoms with Gasteiger partial charge in [0.25, 0.3) is 0 Å². The molecule has 1 atom stereocenters. The van der Waals surface area contributed by atoms with E-state index in [9.17, 15) is 4.79 Å². The van der Waals surface area contributed by atoms with E-state index in [0.717, 1.165) is 30.3 Å². The number of nitrogens with zero attached hydrogens (tertiary/aromatic N) is 1. The Labute approximate surface area is 124 Å². The molecular formula is C16H20ClNO2. The van der Waals surface area contributed by atoms with Gasteiger partial charge in [0, 0.05) is 29.9 Å². The Morgan fingerprint density at radius 3 is 3.05 bits per heavy atom. The first-order chi connectivity index (χ1) is 9.60. The van der Waals surface area contributed by atoms with Gasteiger partial charge in [-0.25, -0.2) is 4.79 Å². The number of rotatable bonds is 5. The molecule has 1 N–H and O–H groups in total. The largest absolute Gasteiger partial charge is 0.478 e. The van der Waals surface area contributed by atoms with E-state index in [1.807, 2.05) is 12.1 Å². The Kier molecular flexibility index (Phi) is 5.07. The Balaban J connectivity index is 2.21. The molecule has 108 valence electrons. The third-order valence-electron chi connectivity index (χ3n) is 3.72. The summed E-state index contributed by atoms with van der Waals surface area (Å²) in [6, 6.07) is 5.60. The second-order valence-electron chi connectivity index (χ2n) is 5.26. The average molecular weight is 294 g/mol. The lowest BCUT2D eigenvalue weighted by atomic mass is 10.0. The number of carboxylic acids is 1. The molecule has 3 nitrogen and oxygen atoms in total. The van der Waals surface area contributed by atoms with Crippen molar-refractivity contribution in [1.29, 1.82) is 0 Å². The number of benzene rings is 1. The standard InChI is InChI=1S/C16H20ClNO2/c1-2-3-12-8-9-18(11-12)15-10-14(17)6-4-13(15)5-7-16(19)20/h4-7,10,12H,2-3,8-9,11H2,1H3,(H,19,20)/b7-5+. The summed E-state index contributed by atoms with van der Waals surface area (Å²) in [5.74, 6) is -0.202. The number of carboxylic acid groups (broad SMARTS) is 1. The molecule has 4 heteroatoms. The third kappa shape index (κ3) is 3.76. The zero-order valence-electron chi connectivity index (χ0n) is 11.7. The fourth-order valence-corrected chi connectivity index (χ4v) is 2.95. The van der Waals surface area contributed by atoms with Gasteiger partial charge in [-0.2, -0.15) is 0 Å². The second kappa shape index (κ2) is 6.80. The molecule has 0 saturated carbocycles. The number of halogens is 1. The van der Waals surface area contributed by atoms with E-state index in [-0.39, 0.29) is 0 Å². The van der Waals surface area contributed by atoms with Crippen LogP contribution >= 0.6 is 11.6 Å².